The van der Waals surface area contributed by atoms with Crippen LogP contribution in [0, 0.1) is 11.8 Å². The average molecular weight is 338 g/mol. The fourth-order valence-electron chi connectivity index (χ4n) is 3.18. The van der Waals surface area contributed by atoms with Crippen molar-refractivity contribution in [2.75, 3.05) is 18.5 Å². The van der Waals surface area contributed by atoms with Crippen LogP contribution in [0.3, 0.4) is 0 Å². The molecule has 0 bridgehead atoms. The first-order chi connectivity index (χ1) is 10.8. The summed E-state index contributed by atoms with van der Waals surface area (Å²) in [6.45, 7) is 0.458. The monoisotopic (exact) mass is 338 g/mol. The highest BCUT2D eigenvalue weighted by Gasteiger charge is 2.44. The number of sulfonamides is 1. The number of carbonyl (C=O) groups excluding carboxylic acids is 1. The molecule has 0 radical (unpaired) electrons. The number of hydrogen-bond acceptors (Lipinski definition) is 4. The van der Waals surface area contributed by atoms with Crippen LogP contribution in [0.5, 0.6) is 0 Å². The largest absolute Gasteiger partial charge is 0.481 e. The molecule has 0 aromatic heterocycles. The number of nitrogens with zero attached hydrogens (tertiary/aromatic N) is 1. The third-order valence-corrected chi connectivity index (χ3v) is 6.11. The van der Waals surface area contributed by atoms with Gasteiger partial charge in [-0.25, -0.2) is 13.1 Å². The molecule has 124 valence electrons. The standard InChI is InChI=1S/C15H18N2O5S/c1-16-23(21,22)10-2-5-13-9(8-10)6-7-17(13)14(18)11-3-4-12(11)15(19)20/h2,5,8,11-12,16H,3-4,6-7H2,1H3,(H,19,20). The van der Waals surface area contributed by atoms with Crippen LogP contribution in [0.2, 0.25) is 0 Å². The molecule has 1 aliphatic heterocycles. The summed E-state index contributed by atoms with van der Waals surface area (Å²) in [5, 5.41) is 9.10. The van der Waals surface area contributed by atoms with Gasteiger partial charge in [0.1, 0.15) is 0 Å². The van der Waals surface area contributed by atoms with E-state index in [9.17, 15) is 18.0 Å². The number of anilines is 1. The summed E-state index contributed by atoms with van der Waals surface area (Å²) >= 11 is 0. The average Bonchev–Trinajstić information content (AvgIpc) is 2.88. The maximum absolute atomic E-state index is 12.6. The molecule has 1 aromatic rings. The quantitative estimate of drug-likeness (QED) is 0.836. The molecule has 3 rings (SSSR count). The SMILES string of the molecule is CNS(=O)(=O)c1ccc2c(c1)CCN2C(=O)C1CCC1C(=O)O. The Morgan fingerprint density at radius 3 is 2.52 bits per heavy atom. The van der Waals surface area contributed by atoms with Crippen LogP contribution in [0.1, 0.15) is 18.4 Å². The van der Waals surface area contributed by atoms with Gasteiger partial charge in [0.25, 0.3) is 0 Å². The zero-order chi connectivity index (χ0) is 16.8. The second-order valence-corrected chi connectivity index (χ2v) is 7.75. The van der Waals surface area contributed by atoms with Gasteiger partial charge in [-0.05, 0) is 50.1 Å². The molecule has 0 spiro atoms. The van der Waals surface area contributed by atoms with Crippen molar-refractivity contribution in [3.63, 3.8) is 0 Å². The molecule has 1 fully saturated rings. The molecular formula is C15H18N2O5S. The molecule has 7 nitrogen and oxygen atoms in total. The van der Waals surface area contributed by atoms with Gasteiger partial charge in [0.15, 0.2) is 0 Å². The number of rotatable bonds is 4. The molecular weight excluding hydrogens is 320 g/mol. The molecule has 1 saturated carbocycles. The molecule has 2 N–H and O–H groups in total. The number of aliphatic carboxylic acids is 1. The van der Waals surface area contributed by atoms with E-state index in [1.54, 1.807) is 17.0 Å². The smallest absolute Gasteiger partial charge is 0.307 e. The zero-order valence-electron chi connectivity index (χ0n) is 12.7. The van der Waals surface area contributed by atoms with Crippen LogP contribution in [0.25, 0.3) is 0 Å². The minimum atomic E-state index is -3.52. The Morgan fingerprint density at radius 2 is 1.96 bits per heavy atom. The molecule has 1 aliphatic carbocycles. The highest BCUT2D eigenvalue weighted by molar-refractivity contribution is 7.89. The van der Waals surface area contributed by atoms with Gasteiger partial charge in [-0.15, -0.1) is 0 Å². The lowest BCUT2D eigenvalue weighted by Gasteiger charge is -2.35. The van der Waals surface area contributed by atoms with Crippen molar-refractivity contribution in [3.8, 4) is 0 Å². The summed E-state index contributed by atoms with van der Waals surface area (Å²) in [6, 6.07) is 4.66. The first kappa shape index (κ1) is 15.9. The predicted molar refractivity (Wildman–Crippen MR) is 82.6 cm³/mol. The number of hydrogen-bond donors (Lipinski definition) is 2. The molecule has 2 unspecified atom stereocenters. The van der Waals surface area contributed by atoms with Crippen molar-refractivity contribution in [2.45, 2.75) is 24.2 Å². The van der Waals surface area contributed by atoms with Gasteiger partial charge in [0, 0.05) is 12.2 Å². The third-order valence-electron chi connectivity index (χ3n) is 4.70. The van der Waals surface area contributed by atoms with Crippen LogP contribution < -0.4 is 9.62 Å². The predicted octanol–water partition coefficient (Wildman–Crippen LogP) is 0.595. The Labute approximate surface area is 134 Å². The lowest BCUT2D eigenvalue weighted by atomic mass is 9.73. The molecule has 0 saturated heterocycles. The molecule has 1 aromatic carbocycles. The second kappa shape index (κ2) is 5.61. The summed E-state index contributed by atoms with van der Waals surface area (Å²) in [5.41, 5.74) is 1.47. The van der Waals surface area contributed by atoms with Crippen LogP contribution >= 0.6 is 0 Å². The Kier molecular flexibility index (Phi) is 3.89. The minimum Gasteiger partial charge on any atom is -0.481 e. The van der Waals surface area contributed by atoms with Crippen molar-refractivity contribution in [3.05, 3.63) is 23.8 Å². The molecule has 1 heterocycles. The summed E-state index contributed by atoms with van der Waals surface area (Å²) in [7, 11) is -2.17. The van der Waals surface area contributed by atoms with Crippen molar-refractivity contribution in [1.82, 2.24) is 4.72 Å². The first-order valence-corrected chi connectivity index (χ1v) is 8.94. The number of fused-ring (bicyclic) bond motifs is 1. The molecule has 2 atom stereocenters. The Bertz CT molecular complexity index is 774. The van der Waals surface area contributed by atoms with E-state index >= 15 is 0 Å². The Hall–Kier alpha value is -1.93. The second-order valence-electron chi connectivity index (χ2n) is 5.87. The molecule has 8 heteroatoms. The van der Waals surface area contributed by atoms with Crippen molar-refractivity contribution in [1.29, 1.82) is 0 Å². The van der Waals surface area contributed by atoms with Gasteiger partial charge in [0.2, 0.25) is 15.9 Å². The first-order valence-electron chi connectivity index (χ1n) is 7.46. The molecule has 23 heavy (non-hydrogen) atoms. The van der Waals surface area contributed by atoms with E-state index in [0.717, 1.165) is 5.56 Å². The van der Waals surface area contributed by atoms with Gasteiger partial charge < -0.3 is 10.0 Å². The van der Waals surface area contributed by atoms with Crippen LogP contribution in [-0.4, -0.2) is 39.0 Å². The van der Waals surface area contributed by atoms with Crippen LogP contribution in [0.15, 0.2) is 23.1 Å². The molecule has 1 amide bonds. The van der Waals surface area contributed by atoms with E-state index in [1.807, 2.05) is 0 Å². The van der Waals surface area contributed by atoms with E-state index in [0.29, 0.717) is 31.5 Å². The van der Waals surface area contributed by atoms with Crippen molar-refractivity contribution in [2.24, 2.45) is 11.8 Å². The van der Waals surface area contributed by atoms with E-state index in [1.165, 1.54) is 13.1 Å². The van der Waals surface area contributed by atoms with Gasteiger partial charge in [-0.3, -0.25) is 9.59 Å². The van der Waals surface area contributed by atoms with Crippen LogP contribution in [0.4, 0.5) is 5.69 Å². The third kappa shape index (κ3) is 2.61. The minimum absolute atomic E-state index is 0.167. The zero-order valence-corrected chi connectivity index (χ0v) is 13.5. The summed E-state index contributed by atoms with van der Waals surface area (Å²) < 4.78 is 25.9. The van der Waals surface area contributed by atoms with E-state index in [2.05, 4.69) is 4.72 Å². The highest BCUT2D eigenvalue weighted by atomic mass is 32.2. The highest BCUT2D eigenvalue weighted by Crippen LogP contribution is 2.39. The molecule has 2 aliphatic rings. The van der Waals surface area contributed by atoms with Gasteiger partial charge in [-0.1, -0.05) is 0 Å². The number of nitrogens with one attached hydrogen (secondary N) is 1. The van der Waals surface area contributed by atoms with Crippen molar-refractivity contribution >= 4 is 27.6 Å². The number of carboxylic acids is 1. The topological polar surface area (TPSA) is 104 Å². The maximum Gasteiger partial charge on any atom is 0.307 e. The van der Waals surface area contributed by atoms with E-state index in [4.69, 9.17) is 5.11 Å². The number of carbonyl (C=O) groups is 2. The number of benzene rings is 1. The van der Waals surface area contributed by atoms with Crippen molar-refractivity contribution < 1.29 is 23.1 Å². The van der Waals surface area contributed by atoms with E-state index in [-0.39, 0.29) is 10.8 Å². The summed E-state index contributed by atoms with van der Waals surface area (Å²) in [6.07, 6.45) is 1.69. The Balaban J connectivity index is 1.85. The maximum atomic E-state index is 12.6. The number of amides is 1. The van der Waals surface area contributed by atoms with Gasteiger partial charge >= 0.3 is 5.97 Å². The number of carboxylic acid groups (broad SMARTS) is 1. The summed E-state index contributed by atoms with van der Waals surface area (Å²) in [5.74, 6) is -2.18. The Morgan fingerprint density at radius 1 is 1.26 bits per heavy atom. The normalized spacial score (nSPS) is 23.3. The fourth-order valence-corrected chi connectivity index (χ4v) is 3.96. The fraction of sp³-hybridized carbons (Fsp3) is 0.467. The van der Waals surface area contributed by atoms with E-state index < -0.39 is 27.8 Å². The summed E-state index contributed by atoms with van der Waals surface area (Å²) in [4.78, 5) is 25.4. The lowest BCUT2D eigenvalue weighted by molar-refractivity contribution is -0.151. The lowest BCUT2D eigenvalue weighted by Crippen LogP contribution is -2.45. The van der Waals surface area contributed by atoms with Gasteiger partial charge in [-0.2, -0.15) is 0 Å². The van der Waals surface area contributed by atoms with Gasteiger partial charge in [0.05, 0.1) is 16.7 Å². The van der Waals surface area contributed by atoms with Crippen LogP contribution in [-0.2, 0) is 26.0 Å².